The Morgan fingerprint density at radius 2 is 2.14 bits per heavy atom. The third-order valence-corrected chi connectivity index (χ3v) is 6.60. The summed E-state index contributed by atoms with van der Waals surface area (Å²) in [6, 6.07) is 4.93. The number of rotatable bonds is 6. The predicted molar refractivity (Wildman–Crippen MR) is 108 cm³/mol. The van der Waals surface area contributed by atoms with Gasteiger partial charge in [0.05, 0.1) is 33.2 Å². The van der Waals surface area contributed by atoms with E-state index in [9.17, 15) is 14.4 Å². The summed E-state index contributed by atoms with van der Waals surface area (Å²) in [4.78, 5) is 38.2. The standard InChI is InChI=1S/C16H15Cl2N3O5S2/c1-20(15(23)24)6-8-4-12(28-13(8)18)21-7-9(26-16(21)25)5-19-14(22)10-2-3-11(17)27-10/h2-4,9H,5-7H2,1H3,(H,19,22)(H,23,24)/t9-/m0/s1. The molecule has 0 unspecified atom stereocenters. The molecular formula is C16H15Cl2N3O5S2. The zero-order chi connectivity index (χ0) is 20.4. The monoisotopic (exact) mass is 463 g/mol. The normalized spacial score (nSPS) is 16.2. The predicted octanol–water partition coefficient (Wildman–Crippen LogP) is 3.98. The Kier molecular flexibility index (Phi) is 6.33. The number of nitrogens with one attached hydrogen (secondary N) is 1. The van der Waals surface area contributed by atoms with E-state index in [2.05, 4.69) is 5.32 Å². The van der Waals surface area contributed by atoms with Crippen LogP contribution in [0.15, 0.2) is 18.2 Å². The molecule has 3 rings (SSSR count). The van der Waals surface area contributed by atoms with E-state index < -0.39 is 18.3 Å². The quantitative estimate of drug-likeness (QED) is 0.674. The van der Waals surface area contributed by atoms with E-state index in [0.29, 0.717) is 24.1 Å². The lowest BCUT2D eigenvalue weighted by Gasteiger charge is -2.12. The molecular weight excluding hydrogens is 449 g/mol. The summed E-state index contributed by atoms with van der Waals surface area (Å²) in [6.45, 7) is 0.510. The lowest BCUT2D eigenvalue weighted by atomic mass is 10.3. The minimum Gasteiger partial charge on any atom is -0.465 e. The molecule has 3 heterocycles. The number of carbonyl (C=O) groups excluding carboxylic acids is 2. The molecule has 0 bridgehead atoms. The first-order chi connectivity index (χ1) is 13.2. The summed E-state index contributed by atoms with van der Waals surface area (Å²) in [5, 5.41) is 12.3. The minimum absolute atomic E-state index is 0.108. The van der Waals surface area contributed by atoms with Gasteiger partial charge in [-0.3, -0.25) is 9.69 Å². The molecule has 0 aliphatic carbocycles. The Morgan fingerprint density at radius 3 is 2.79 bits per heavy atom. The molecule has 2 N–H and O–H groups in total. The number of hydrogen-bond acceptors (Lipinski definition) is 6. The molecule has 1 fully saturated rings. The lowest BCUT2D eigenvalue weighted by molar-refractivity contribution is 0.0920. The van der Waals surface area contributed by atoms with E-state index in [1.54, 1.807) is 18.2 Å². The van der Waals surface area contributed by atoms with Gasteiger partial charge in [0.1, 0.15) is 11.1 Å². The highest BCUT2D eigenvalue weighted by molar-refractivity contribution is 7.20. The third kappa shape index (κ3) is 4.69. The first kappa shape index (κ1) is 20.7. The topological polar surface area (TPSA) is 99.2 Å². The smallest absolute Gasteiger partial charge is 0.415 e. The van der Waals surface area contributed by atoms with Crippen LogP contribution in [0.25, 0.3) is 0 Å². The fraction of sp³-hybridized carbons (Fsp3) is 0.312. The summed E-state index contributed by atoms with van der Waals surface area (Å²) in [6.07, 6.45) is -2.14. The summed E-state index contributed by atoms with van der Waals surface area (Å²) >= 11 is 14.3. The maximum atomic E-state index is 12.2. The van der Waals surface area contributed by atoms with Crippen LogP contribution in [-0.2, 0) is 11.3 Å². The second-order valence-electron chi connectivity index (χ2n) is 5.95. The number of halogens is 2. The van der Waals surface area contributed by atoms with Crippen molar-refractivity contribution in [3.8, 4) is 0 Å². The number of hydrogen-bond donors (Lipinski definition) is 2. The van der Waals surface area contributed by atoms with Crippen molar-refractivity contribution in [2.24, 2.45) is 0 Å². The van der Waals surface area contributed by atoms with Crippen molar-refractivity contribution in [3.63, 3.8) is 0 Å². The number of nitrogens with zero attached hydrogens (tertiary/aromatic N) is 2. The molecule has 1 aliphatic heterocycles. The number of anilines is 1. The van der Waals surface area contributed by atoms with Crippen molar-refractivity contribution in [1.29, 1.82) is 0 Å². The number of amides is 3. The molecule has 150 valence electrons. The Morgan fingerprint density at radius 1 is 1.39 bits per heavy atom. The minimum atomic E-state index is -1.08. The second kappa shape index (κ2) is 8.56. The Balaban J connectivity index is 1.60. The van der Waals surface area contributed by atoms with Crippen molar-refractivity contribution in [2.45, 2.75) is 12.6 Å². The maximum absolute atomic E-state index is 12.2. The van der Waals surface area contributed by atoms with Crippen LogP contribution in [0.1, 0.15) is 15.2 Å². The van der Waals surface area contributed by atoms with Crippen molar-refractivity contribution in [1.82, 2.24) is 10.2 Å². The number of carbonyl (C=O) groups is 3. The van der Waals surface area contributed by atoms with Gasteiger partial charge in [0, 0.05) is 12.6 Å². The van der Waals surface area contributed by atoms with E-state index >= 15 is 0 Å². The average Bonchev–Trinajstić information content (AvgIpc) is 3.32. The summed E-state index contributed by atoms with van der Waals surface area (Å²) in [5.74, 6) is -0.287. The molecule has 2 aromatic heterocycles. The van der Waals surface area contributed by atoms with E-state index in [-0.39, 0.29) is 25.5 Å². The second-order valence-corrected chi connectivity index (χ2v) is 9.30. The molecule has 8 nitrogen and oxygen atoms in total. The zero-order valence-corrected chi connectivity index (χ0v) is 17.6. The van der Waals surface area contributed by atoms with Gasteiger partial charge in [-0.15, -0.1) is 22.7 Å². The molecule has 1 aliphatic rings. The van der Waals surface area contributed by atoms with Crippen molar-refractivity contribution in [3.05, 3.63) is 37.3 Å². The first-order valence-electron chi connectivity index (χ1n) is 7.98. The Labute approximate surface area is 178 Å². The number of thiophene rings is 2. The number of carboxylic acid groups (broad SMARTS) is 1. The third-order valence-electron chi connectivity index (χ3n) is 3.91. The number of ether oxygens (including phenoxy) is 1. The van der Waals surface area contributed by atoms with Crippen LogP contribution >= 0.6 is 45.9 Å². The number of cyclic esters (lactones) is 1. The maximum Gasteiger partial charge on any atom is 0.415 e. The molecule has 1 saturated heterocycles. The lowest BCUT2D eigenvalue weighted by Crippen LogP contribution is -2.34. The van der Waals surface area contributed by atoms with E-state index in [0.717, 1.165) is 16.2 Å². The molecule has 0 aromatic carbocycles. The van der Waals surface area contributed by atoms with Crippen LogP contribution in [0.4, 0.5) is 14.6 Å². The van der Waals surface area contributed by atoms with Crippen molar-refractivity contribution in [2.75, 3.05) is 25.0 Å². The molecule has 0 saturated carbocycles. The van der Waals surface area contributed by atoms with Gasteiger partial charge >= 0.3 is 12.2 Å². The largest absolute Gasteiger partial charge is 0.465 e. The van der Waals surface area contributed by atoms with Gasteiger partial charge in [-0.05, 0) is 18.2 Å². The molecule has 0 radical (unpaired) electrons. The summed E-state index contributed by atoms with van der Waals surface area (Å²) < 4.78 is 6.22. The summed E-state index contributed by atoms with van der Waals surface area (Å²) in [5.41, 5.74) is 0.602. The highest BCUT2D eigenvalue weighted by atomic mass is 35.5. The van der Waals surface area contributed by atoms with Crippen LogP contribution < -0.4 is 10.2 Å². The van der Waals surface area contributed by atoms with E-state index in [4.69, 9.17) is 33.0 Å². The van der Waals surface area contributed by atoms with E-state index in [1.807, 2.05) is 0 Å². The van der Waals surface area contributed by atoms with Gasteiger partial charge in [0.15, 0.2) is 0 Å². The molecule has 12 heteroatoms. The Bertz CT molecular complexity index is 916. The van der Waals surface area contributed by atoms with E-state index in [1.165, 1.54) is 23.3 Å². The van der Waals surface area contributed by atoms with Gasteiger partial charge in [-0.1, -0.05) is 23.2 Å². The highest BCUT2D eigenvalue weighted by Gasteiger charge is 2.34. The average molecular weight is 464 g/mol. The summed E-state index contributed by atoms with van der Waals surface area (Å²) in [7, 11) is 1.43. The fourth-order valence-electron chi connectivity index (χ4n) is 2.49. The van der Waals surface area contributed by atoms with Crippen LogP contribution in [0.2, 0.25) is 8.67 Å². The van der Waals surface area contributed by atoms with Gasteiger partial charge in [0.25, 0.3) is 5.91 Å². The SMILES string of the molecule is CN(Cc1cc(N2C[C@H](CNC(=O)c3ccc(Cl)s3)OC2=O)sc1Cl)C(=O)O. The van der Waals surface area contributed by atoms with Crippen LogP contribution in [-0.4, -0.2) is 54.3 Å². The molecule has 28 heavy (non-hydrogen) atoms. The van der Waals surface area contributed by atoms with Gasteiger partial charge in [-0.25, -0.2) is 9.59 Å². The molecule has 1 atom stereocenters. The van der Waals surface area contributed by atoms with Crippen molar-refractivity contribution < 1.29 is 24.2 Å². The molecule has 3 amide bonds. The first-order valence-corrected chi connectivity index (χ1v) is 10.4. The van der Waals surface area contributed by atoms with Gasteiger partial charge < -0.3 is 20.1 Å². The Hall–Kier alpha value is -2.01. The van der Waals surface area contributed by atoms with Gasteiger partial charge in [0.2, 0.25) is 0 Å². The molecule has 2 aromatic rings. The highest BCUT2D eigenvalue weighted by Crippen LogP contribution is 2.36. The fourth-order valence-corrected chi connectivity index (χ4v) is 4.70. The van der Waals surface area contributed by atoms with Crippen molar-refractivity contribution >= 4 is 69.0 Å². The zero-order valence-electron chi connectivity index (χ0n) is 14.5. The van der Waals surface area contributed by atoms with Crippen LogP contribution in [0.3, 0.4) is 0 Å². The molecule has 0 spiro atoms. The van der Waals surface area contributed by atoms with Gasteiger partial charge in [-0.2, -0.15) is 0 Å². The van der Waals surface area contributed by atoms with Crippen LogP contribution in [0.5, 0.6) is 0 Å². The van der Waals surface area contributed by atoms with Crippen LogP contribution in [0, 0.1) is 0 Å².